The van der Waals surface area contributed by atoms with Crippen molar-refractivity contribution in [3.05, 3.63) is 0 Å². The monoisotopic (exact) mass is 245 g/mol. The lowest BCUT2D eigenvalue weighted by atomic mass is 10.2. The molecule has 0 saturated carbocycles. The van der Waals surface area contributed by atoms with Crippen molar-refractivity contribution in [1.82, 2.24) is 5.32 Å². The first-order chi connectivity index (χ1) is 7.93. The molecule has 16 heavy (non-hydrogen) atoms. The van der Waals surface area contributed by atoms with Gasteiger partial charge in [-0.25, -0.2) is 0 Å². The highest BCUT2D eigenvalue weighted by Gasteiger charge is 2.14. The third-order valence-electron chi connectivity index (χ3n) is 2.96. The lowest BCUT2D eigenvalue weighted by Crippen LogP contribution is -2.19. The largest absolute Gasteiger partial charge is 0.377 e. The van der Waals surface area contributed by atoms with E-state index in [2.05, 4.69) is 12.2 Å². The Morgan fingerprint density at radius 2 is 2.19 bits per heavy atom. The van der Waals surface area contributed by atoms with Crippen molar-refractivity contribution in [3.63, 3.8) is 0 Å². The summed E-state index contributed by atoms with van der Waals surface area (Å²) in [5.41, 5.74) is 0. The van der Waals surface area contributed by atoms with Crippen LogP contribution in [0.4, 0.5) is 0 Å². The van der Waals surface area contributed by atoms with Gasteiger partial charge in [0.15, 0.2) is 0 Å². The van der Waals surface area contributed by atoms with Crippen LogP contribution in [0.2, 0.25) is 0 Å². The van der Waals surface area contributed by atoms with Crippen LogP contribution < -0.4 is 5.32 Å². The molecule has 1 aliphatic heterocycles. The molecule has 1 aliphatic rings. The fourth-order valence-electron chi connectivity index (χ4n) is 1.94. The average Bonchev–Trinajstić information content (AvgIpc) is 2.80. The zero-order valence-corrected chi connectivity index (χ0v) is 11.5. The third kappa shape index (κ3) is 7.53. The van der Waals surface area contributed by atoms with Gasteiger partial charge in [-0.15, -0.1) is 0 Å². The number of hydrogen-bond acceptors (Lipinski definition) is 3. The molecule has 0 bridgehead atoms. The molecule has 0 aliphatic carbocycles. The van der Waals surface area contributed by atoms with E-state index < -0.39 is 0 Å². The molecule has 0 spiro atoms. The van der Waals surface area contributed by atoms with E-state index in [9.17, 15) is 0 Å². The first-order valence-electron chi connectivity index (χ1n) is 6.83. The average molecular weight is 245 g/mol. The zero-order valence-electron chi connectivity index (χ0n) is 10.7. The Bertz CT molecular complexity index is 149. The highest BCUT2D eigenvalue weighted by Crippen LogP contribution is 2.16. The van der Waals surface area contributed by atoms with Gasteiger partial charge in [-0.1, -0.05) is 26.2 Å². The molecule has 0 radical (unpaired) electrons. The summed E-state index contributed by atoms with van der Waals surface area (Å²) in [6, 6.07) is 0. The zero-order chi connectivity index (χ0) is 11.5. The molecule has 1 saturated heterocycles. The molecule has 1 fully saturated rings. The van der Waals surface area contributed by atoms with Crippen LogP contribution in [0.25, 0.3) is 0 Å². The van der Waals surface area contributed by atoms with Crippen molar-refractivity contribution in [2.75, 3.05) is 31.2 Å². The number of rotatable bonds is 10. The van der Waals surface area contributed by atoms with Crippen molar-refractivity contribution in [2.24, 2.45) is 0 Å². The summed E-state index contributed by atoms with van der Waals surface area (Å²) in [5.74, 6) is 2.42. The van der Waals surface area contributed by atoms with Crippen LogP contribution in [0.15, 0.2) is 0 Å². The van der Waals surface area contributed by atoms with Crippen molar-refractivity contribution in [3.8, 4) is 0 Å². The Balaban J connectivity index is 1.71. The van der Waals surface area contributed by atoms with Gasteiger partial charge < -0.3 is 10.1 Å². The second-order valence-corrected chi connectivity index (χ2v) is 5.67. The summed E-state index contributed by atoms with van der Waals surface area (Å²) >= 11 is 2.03. The first-order valence-corrected chi connectivity index (χ1v) is 7.99. The van der Waals surface area contributed by atoms with Crippen LogP contribution in [0.5, 0.6) is 0 Å². The topological polar surface area (TPSA) is 21.3 Å². The number of unbranched alkanes of at least 4 members (excludes halogenated alkanes) is 3. The molecule has 1 rings (SSSR count). The van der Waals surface area contributed by atoms with Crippen LogP contribution in [0, 0.1) is 0 Å². The maximum absolute atomic E-state index is 5.58. The number of nitrogens with one attached hydrogen (secondary N) is 1. The van der Waals surface area contributed by atoms with Crippen molar-refractivity contribution >= 4 is 11.8 Å². The van der Waals surface area contributed by atoms with E-state index in [0.29, 0.717) is 6.10 Å². The molecule has 96 valence electrons. The van der Waals surface area contributed by atoms with Crippen molar-refractivity contribution < 1.29 is 4.74 Å². The van der Waals surface area contributed by atoms with Gasteiger partial charge in [0.1, 0.15) is 0 Å². The van der Waals surface area contributed by atoms with E-state index in [-0.39, 0.29) is 0 Å². The van der Waals surface area contributed by atoms with E-state index in [1.807, 2.05) is 11.8 Å². The number of ether oxygens (including phenoxy) is 1. The summed E-state index contributed by atoms with van der Waals surface area (Å²) in [5, 5.41) is 3.51. The fourth-order valence-corrected chi connectivity index (χ4v) is 2.92. The van der Waals surface area contributed by atoms with Crippen LogP contribution in [0.3, 0.4) is 0 Å². The van der Waals surface area contributed by atoms with Crippen molar-refractivity contribution in [2.45, 2.75) is 51.6 Å². The van der Waals surface area contributed by atoms with Crippen LogP contribution in [0.1, 0.15) is 45.4 Å². The molecule has 0 aromatic rings. The maximum Gasteiger partial charge on any atom is 0.0666 e. The minimum Gasteiger partial charge on any atom is -0.377 e. The summed E-state index contributed by atoms with van der Waals surface area (Å²) in [7, 11) is 0. The molecular formula is C13H27NOS. The molecule has 1 atom stereocenters. The molecule has 1 N–H and O–H groups in total. The Labute approximate surface area is 105 Å². The van der Waals surface area contributed by atoms with E-state index >= 15 is 0 Å². The minimum absolute atomic E-state index is 0.551. The van der Waals surface area contributed by atoms with Crippen LogP contribution >= 0.6 is 11.8 Å². The lowest BCUT2D eigenvalue weighted by Gasteiger charge is -2.09. The number of thioether (sulfide) groups is 1. The quantitative estimate of drug-likeness (QED) is 0.598. The van der Waals surface area contributed by atoms with Gasteiger partial charge in [0.05, 0.1) is 6.10 Å². The number of hydrogen-bond donors (Lipinski definition) is 1. The molecule has 0 aromatic carbocycles. The predicted octanol–water partition coefficient (Wildman–Crippen LogP) is 3.07. The Kier molecular flexibility index (Phi) is 9.34. The Morgan fingerprint density at radius 1 is 1.25 bits per heavy atom. The molecule has 0 aromatic heterocycles. The minimum atomic E-state index is 0.551. The molecular weight excluding hydrogens is 218 g/mol. The maximum atomic E-state index is 5.58. The smallest absolute Gasteiger partial charge is 0.0666 e. The van der Waals surface area contributed by atoms with E-state index in [0.717, 1.165) is 13.2 Å². The Morgan fingerprint density at radius 3 is 2.94 bits per heavy atom. The fraction of sp³-hybridized carbons (Fsp3) is 1.00. The SMILES string of the molecule is CCCCCCNCCSCC1CCCO1. The summed E-state index contributed by atoms with van der Waals surface area (Å²) in [4.78, 5) is 0. The van der Waals surface area contributed by atoms with Crippen molar-refractivity contribution in [1.29, 1.82) is 0 Å². The van der Waals surface area contributed by atoms with Gasteiger partial charge >= 0.3 is 0 Å². The second-order valence-electron chi connectivity index (χ2n) is 4.52. The highest BCUT2D eigenvalue weighted by atomic mass is 32.2. The van der Waals surface area contributed by atoms with Gasteiger partial charge in [-0.05, 0) is 25.8 Å². The summed E-state index contributed by atoms with van der Waals surface area (Å²) < 4.78 is 5.58. The Hall–Kier alpha value is 0.270. The standard InChI is InChI=1S/C13H27NOS/c1-2-3-4-5-8-14-9-11-16-12-13-7-6-10-15-13/h13-14H,2-12H2,1H3. The molecule has 2 nitrogen and oxygen atoms in total. The van der Waals surface area contributed by atoms with Gasteiger partial charge in [0, 0.05) is 24.7 Å². The van der Waals surface area contributed by atoms with E-state index in [4.69, 9.17) is 4.74 Å². The first kappa shape index (κ1) is 14.3. The predicted molar refractivity (Wildman–Crippen MR) is 73.3 cm³/mol. The van der Waals surface area contributed by atoms with Gasteiger partial charge in [-0.2, -0.15) is 11.8 Å². The van der Waals surface area contributed by atoms with Gasteiger partial charge in [0.2, 0.25) is 0 Å². The van der Waals surface area contributed by atoms with E-state index in [1.54, 1.807) is 0 Å². The normalized spacial score (nSPS) is 20.4. The molecule has 1 unspecified atom stereocenters. The molecule has 1 heterocycles. The van der Waals surface area contributed by atoms with Gasteiger partial charge in [-0.3, -0.25) is 0 Å². The van der Waals surface area contributed by atoms with Crippen LogP contribution in [-0.4, -0.2) is 37.3 Å². The summed E-state index contributed by atoms with van der Waals surface area (Å²) in [6.45, 7) is 5.60. The molecule has 0 amide bonds. The highest BCUT2D eigenvalue weighted by molar-refractivity contribution is 7.99. The second kappa shape index (κ2) is 10.4. The van der Waals surface area contributed by atoms with Gasteiger partial charge in [0.25, 0.3) is 0 Å². The third-order valence-corrected chi connectivity index (χ3v) is 4.06. The molecule has 3 heteroatoms. The lowest BCUT2D eigenvalue weighted by molar-refractivity contribution is 0.129. The van der Waals surface area contributed by atoms with Crippen LogP contribution in [-0.2, 0) is 4.74 Å². The summed E-state index contributed by atoms with van der Waals surface area (Å²) in [6.07, 6.45) is 8.52. The van der Waals surface area contributed by atoms with E-state index in [1.165, 1.54) is 56.6 Å².